The van der Waals surface area contributed by atoms with E-state index in [1.54, 1.807) is 36.4 Å². The number of carbonyl (C=O) groups excluding carboxylic acids is 2. The fourth-order valence-electron chi connectivity index (χ4n) is 3.51. The van der Waals surface area contributed by atoms with E-state index in [0.29, 0.717) is 11.1 Å². The molecule has 8 nitrogen and oxygen atoms in total. The van der Waals surface area contributed by atoms with E-state index < -0.39 is 11.8 Å². The molecular weight excluding hydrogens is 456 g/mol. The number of nitrogens with zero attached hydrogens (tertiary/aromatic N) is 1. The Kier molecular flexibility index (Phi) is 8.72. The number of aromatic hydroxyl groups is 2. The number of carbonyl (C=O) groups is 2. The minimum absolute atomic E-state index is 0.000118. The van der Waals surface area contributed by atoms with Gasteiger partial charge in [-0.1, -0.05) is 36.9 Å². The van der Waals surface area contributed by atoms with Gasteiger partial charge in [-0.25, -0.2) is 0 Å². The minimum Gasteiger partial charge on any atom is -0.508 e. The van der Waals surface area contributed by atoms with Crippen LogP contribution in [0.25, 0.3) is 11.8 Å². The number of amides is 2. The summed E-state index contributed by atoms with van der Waals surface area (Å²) in [6, 6.07) is 20.2. The lowest BCUT2D eigenvalue weighted by atomic mass is 10.1. The number of rotatable bonds is 10. The maximum atomic E-state index is 13.1. The lowest BCUT2D eigenvalue weighted by Crippen LogP contribution is -2.41. The van der Waals surface area contributed by atoms with Gasteiger partial charge in [0.25, 0.3) is 11.8 Å². The fraction of sp³-hybridized carbons (Fsp3) is 0.143. The first-order chi connectivity index (χ1) is 17.3. The van der Waals surface area contributed by atoms with Crippen molar-refractivity contribution < 1.29 is 19.8 Å². The highest BCUT2D eigenvalue weighted by molar-refractivity contribution is 6.05. The maximum Gasteiger partial charge on any atom is 0.286 e. The molecule has 0 aliphatic carbocycles. The van der Waals surface area contributed by atoms with E-state index in [1.165, 1.54) is 18.2 Å². The van der Waals surface area contributed by atoms with Crippen molar-refractivity contribution in [2.24, 2.45) is 0 Å². The highest BCUT2D eigenvalue weighted by Gasteiger charge is 2.16. The number of phenolic OH excluding ortho intramolecular Hbond substituents is 2. The van der Waals surface area contributed by atoms with Crippen LogP contribution in [0.2, 0.25) is 0 Å². The van der Waals surface area contributed by atoms with Crippen LogP contribution in [0.15, 0.2) is 85.1 Å². The van der Waals surface area contributed by atoms with Crippen molar-refractivity contribution in [3.8, 4) is 11.5 Å². The zero-order valence-corrected chi connectivity index (χ0v) is 20.3. The van der Waals surface area contributed by atoms with Crippen molar-refractivity contribution >= 4 is 29.3 Å². The molecule has 0 aromatic heterocycles. The van der Waals surface area contributed by atoms with Gasteiger partial charge in [0, 0.05) is 29.9 Å². The zero-order valence-electron chi connectivity index (χ0n) is 20.3. The molecule has 0 saturated heterocycles. The predicted octanol–water partition coefficient (Wildman–Crippen LogP) is 4.01. The average Bonchev–Trinajstić information content (AvgIpc) is 2.90. The van der Waals surface area contributed by atoms with Crippen molar-refractivity contribution in [2.75, 3.05) is 18.0 Å². The van der Waals surface area contributed by atoms with E-state index in [0.717, 1.165) is 18.8 Å². The first-order valence-electron chi connectivity index (χ1n) is 11.5. The van der Waals surface area contributed by atoms with Crippen molar-refractivity contribution in [2.45, 2.75) is 13.8 Å². The Morgan fingerprint density at radius 2 is 1.58 bits per heavy atom. The molecule has 3 rings (SSSR count). The van der Waals surface area contributed by atoms with Crippen LogP contribution in [-0.4, -0.2) is 35.1 Å². The van der Waals surface area contributed by atoms with Crippen LogP contribution in [0.1, 0.15) is 35.3 Å². The van der Waals surface area contributed by atoms with Crippen LogP contribution in [0, 0.1) is 0 Å². The Balaban J connectivity index is 1.82. The number of benzene rings is 3. The monoisotopic (exact) mass is 486 g/mol. The average molecular weight is 487 g/mol. The SMILES string of the molecule is C=C(NNC(=O)C(=Cc1ccc(N(CC)CC)cc1)NC(=O)c1ccccc1)c1cc(O)ccc1O. The highest BCUT2D eigenvalue weighted by Crippen LogP contribution is 2.26. The molecule has 0 fully saturated rings. The molecule has 0 heterocycles. The van der Waals surface area contributed by atoms with Gasteiger partial charge in [0.15, 0.2) is 0 Å². The molecule has 0 aliphatic rings. The van der Waals surface area contributed by atoms with Crippen molar-refractivity contribution in [3.63, 3.8) is 0 Å². The molecule has 3 aromatic carbocycles. The Hall–Kier alpha value is -4.72. The number of hydrogen-bond donors (Lipinski definition) is 5. The summed E-state index contributed by atoms with van der Waals surface area (Å²) in [6.45, 7) is 9.69. The summed E-state index contributed by atoms with van der Waals surface area (Å²) in [7, 11) is 0. The molecule has 0 unspecified atom stereocenters. The molecule has 5 N–H and O–H groups in total. The third kappa shape index (κ3) is 6.66. The molecule has 0 bridgehead atoms. The van der Waals surface area contributed by atoms with Crippen LogP contribution in [0.4, 0.5) is 5.69 Å². The van der Waals surface area contributed by atoms with E-state index in [2.05, 4.69) is 41.5 Å². The maximum absolute atomic E-state index is 13.1. The van der Waals surface area contributed by atoms with Gasteiger partial charge in [-0.3, -0.25) is 20.4 Å². The third-order valence-corrected chi connectivity index (χ3v) is 5.49. The summed E-state index contributed by atoms with van der Waals surface area (Å²) in [5.41, 5.74) is 7.63. The number of hydrogen-bond acceptors (Lipinski definition) is 6. The first-order valence-corrected chi connectivity index (χ1v) is 11.5. The Bertz CT molecular complexity index is 1250. The van der Waals surface area contributed by atoms with Gasteiger partial charge in [-0.05, 0) is 68.0 Å². The Morgan fingerprint density at radius 3 is 2.22 bits per heavy atom. The second-order valence-corrected chi connectivity index (χ2v) is 7.90. The molecule has 186 valence electrons. The van der Waals surface area contributed by atoms with E-state index in [-0.39, 0.29) is 28.5 Å². The van der Waals surface area contributed by atoms with Crippen LogP contribution in [0.3, 0.4) is 0 Å². The van der Waals surface area contributed by atoms with E-state index in [4.69, 9.17) is 0 Å². The van der Waals surface area contributed by atoms with Gasteiger partial charge in [-0.15, -0.1) is 0 Å². The summed E-state index contributed by atoms with van der Waals surface area (Å²) in [4.78, 5) is 28.0. The molecule has 3 aromatic rings. The van der Waals surface area contributed by atoms with Gasteiger partial charge < -0.3 is 20.4 Å². The molecule has 8 heteroatoms. The zero-order chi connectivity index (χ0) is 26.1. The topological polar surface area (TPSA) is 114 Å². The summed E-state index contributed by atoms with van der Waals surface area (Å²) in [5, 5.41) is 22.4. The van der Waals surface area contributed by atoms with Crippen molar-refractivity contribution in [3.05, 3.63) is 102 Å². The molecule has 2 amide bonds. The van der Waals surface area contributed by atoms with E-state index >= 15 is 0 Å². The number of hydrazine groups is 1. The standard InChI is InChI=1S/C28H30N4O4/c1-4-32(5-2)22-13-11-20(12-14-22)17-25(29-27(35)21-9-7-6-8-10-21)28(36)31-30-19(3)24-18-23(33)15-16-26(24)34/h6-18,30,33-34H,3-5H2,1-2H3,(H,29,35)(H,31,36). The van der Waals surface area contributed by atoms with Crippen LogP contribution in [0.5, 0.6) is 11.5 Å². The summed E-state index contributed by atoms with van der Waals surface area (Å²) < 4.78 is 0. The Morgan fingerprint density at radius 1 is 0.917 bits per heavy atom. The second kappa shape index (κ2) is 12.1. The van der Waals surface area contributed by atoms with Gasteiger partial charge in [-0.2, -0.15) is 0 Å². The van der Waals surface area contributed by atoms with Gasteiger partial charge in [0.05, 0.1) is 5.70 Å². The predicted molar refractivity (Wildman–Crippen MR) is 142 cm³/mol. The van der Waals surface area contributed by atoms with Gasteiger partial charge >= 0.3 is 0 Å². The molecule has 0 radical (unpaired) electrons. The summed E-state index contributed by atoms with van der Waals surface area (Å²) in [6.07, 6.45) is 1.57. The van der Waals surface area contributed by atoms with E-state index in [9.17, 15) is 19.8 Å². The van der Waals surface area contributed by atoms with Gasteiger partial charge in [0.1, 0.15) is 17.2 Å². The number of phenols is 2. The lowest BCUT2D eigenvalue weighted by Gasteiger charge is -2.21. The summed E-state index contributed by atoms with van der Waals surface area (Å²) in [5.74, 6) is -1.27. The van der Waals surface area contributed by atoms with Crippen molar-refractivity contribution in [1.82, 2.24) is 16.2 Å². The number of anilines is 1. The van der Waals surface area contributed by atoms with E-state index in [1.807, 2.05) is 24.3 Å². The van der Waals surface area contributed by atoms with Crippen LogP contribution >= 0.6 is 0 Å². The molecule has 0 saturated carbocycles. The first kappa shape index (κ1) is 25.9. The molecule has 0 atom stereocenters. The largest absolute Gasteiger partial charge is 0.508 e. The second-order valence-electron chi connectivity index (χ2n) is 7.90. The molecule has 0 spiro atoms. The molecular formula is C28H30N4O4. The lowest BCUT2D eigenvalue weighted by molar-refractivity contribution is -0.118. The fourth-order valence-corrected chi connectivity index (χ4v) is 3.51. The third-order valence-electron chi connectivity index (χ3n) is 5.49. The van der Waals surface area contributed by atoms with Crippen molar-refractivity contribution in [1.29, 1.82) is 0 Å². The highest BCUT2D eigenvalue weighted by atomic mass is 16.3. The molecule has 0 aliphatic heterocycles. The minimum atomic E-state index is -0.632. The number of nitrogens with one attached hydrogen (secondary N) is 3. The quantitative estimate of drug-likeness (QED) is 0.168. The van der Waals surface area contributed by atoms with Crippen LogP contribution < -0.4 is 21.1 Å². The smallest absolute Gasteiger partial charge is 0.286 e. The normalized spacial score (nSPS) is 10.9. The van der Waals surface area contributed by atoms with Gasteiger partial charge in [0.2, 0.25) is 0 Å². The summed E-state index contributed by atoms with van der Waals surface area (Å²) >= 11 is 0. The Labute approximate surface area is 210 Å². The molecule has 36 heavy (non-hydrogen) atoms. The van der Waals surface area contributed by atoms with Crippen LogP contribution in [-0.2, 0) is 4.79 Å².